The molecular weight excluding hydrogens is 305 g/mol. The number of ether oxygens (including phenoxy) is 1. The number of carboxylic acids is 1. The van der Waals surface area contributed by atoms with E-state index >= 15 is 0 Å². The lowest BCUT2D eigenvalue weighted by atomic mass is 10.2. The van der Waals surface area contributed by atoms with E-state index in [1.54, 1.807) is 0 Å². The van der Waals surface area contributed by atoms with Crippen molar-refractivity contribution in [2.24, 2.45) is 0 Å². The largest absolute Gasteiger partial charge is 0.477 e. The third-order valence-electron chi connectivity index (χ3n) is 2.13. The highest BCUT2D eigenvalue weighted by molar-refractivity contribution is 9.10. The van der Waals surface area contributed by atoms with Crippen LogP contribution in [0.2, 0.25) is 0 Å². The van der Waals surface area contributed by atoms with Gasteiger partial charge in [-0.3, -0.25) is 4.98 Å². The standard InChI is InChI=1S/C12H7BrFNO3/c13-9-2-1-7(5-10(9)14)18-11-3-4-15-6-8(11)12(16)17/h1-6H,(H,16,17). The zero-order valence-corrected chi connectivity index (χ0v) is 10.5. The van der Waals surface area contributed by atoms with Gasteiger partial charge < -0.3 is 9.84 Å². The minimum atomic E-state index is -1.16. The van der Waals surface area contributed by atoms with Crippen LogP contribution in [0.1, 0.15) is 10.4 Å². The van der Waals surface area contributed by atoms with Gasteiger partial charge in [-0.25, -0.2) is 9.18 Å². The summed E-state index contributed by atoms with van der Waals surface area (Å²) in [5, 5.41) is 8.94. The molecule has 0 aliphatic heterocycles. The Morgan fingerprint density at radius 1 is 1.39 bits per heavy atom. The summed E-state index contributed by atoms with van der Waals surface area (Å²) in [6.45, 7) is 0. The number of carbonyl (C=O) groups is 1. The number of benzene rings is 1. The highest BCUT2D eigenvalue weighted by atomic mass is 79.9. The second kappa shape index (κ2) is 5.14. The molecule has 0 amide bonds. The third kappa shape index (κ3) is 2.65. The van der Waals surface area contributed by atoms with Crippen LogP contribution in [0.15, 0.2) is 41.1 Å². The van der Waals surface area contributed by atoms with Gasteiger partial charge in [-0.05, 0) is 28.1 Å². The molecule has 0 unspecified atom stereocenters. The summed E-state index contributed by atoms with van der Waals surface area (Å²) in [7, 11) is 0. The first-order valence-corrected chi connectivity index (χ1v) is 5.67. The van der Waals surface area contributed by atoms with Crippen LogP contribution >= 0.6 is 15.9 Å². The van der Waals surface area contributed by atoms with Gasteiger partial charge in [0.1, 0.15) is 22.9 Å². The van der Waals surface area contributed by atoms with Crippen LogP contribution in [0.5, 0.6) is 11.5 Å². The fourth-order valence-corrected chi connectivity index (χ4v) is 1.55. The summed E-state index contributed by atoms with van der Waals surface area (Å²) in [5.74, 6) is -1.32. The zero-order chi connectivity index (χ0) is 13.1. The fraction of sp³-hybridized carbons (Fsp3) is 0. The average molecular weight is 312 g/mol. The maximum absolute atomic E-state index is 13.3. The predicted octanol–water partition coefficient (Wildman–Crippen LogP) is 3.47. The maximum Gasteiger partial charge on any atom is 0.341 e. The molecule has 0 aliphatic rings. The zero-order valence-electron chi connectivity index (χ0n) is 8.93. The van der Waals surface area contributed by atoms with Crippen molar-refractivity contribution in [3.63, 3.8) is 0 Å². The Hall–Kier alpha value is -1.95. The number of carboxylic acid groups (broad SMARTS) is 1. The first kappa shape index (κ1) is 12.5. The van der Waals surface area contributed by atoms with Gasteiger partial charge in [0.2, 0.25) is 0 Å². The second-order valence-electron chi connectivity index (χ2n) is 3.35. The number of rotatable bonds is 3. The lowest BCUT2D eigenvalue weighted by molar-refractivity contribution is 0.0693. The maximum atomic E-state index is 13.3. The average Bonchev–Trinajstić information content (AvgIpc) is 2.34. The van der Waals surface area contributed by atoms with Crippen LogP contribution in [-0.2, 0) is 0 Å². The summed E-state index contributed by atoms with van der Waals surface area (Å²) >= 11 is 3.02. The van der Waals surface area contributed by atoms with Crippen LogP contribution in [-0.4, -0.2) is 16.1 Å². The van der Waals surface area contributed by atoms with E-state index in [0.717, 1.165) is 6.07 Å². The van der Waals surface area contributed by atoms with Crippen LogP contribution in [0.3, 0.4) is 0 Å². The number of aromatic carboxylic acids is 1. The highest BCUT2D eigenvalue weighted by Gasteiger charge is 2.12. The van der Waals surface area contributed by atoms with Crippen molar-refractivity contribution in [3.8, 4) is 11.5 Å². The normalized spacial score (nSPS) is 10.1. The summed E-state index contributed by atoms with van der Waals surface area (Å²) in [6.07, 6.45) is 2.57. The van der Waals surface area contributed by atoms with Gasteiger partial charge in [0.25, 0.3) is 0 Å². The van der Waals surface area contributed by atoms with E-state index in [1.807, 2.05) is 0 Å². The summed E-state index contributed by atoms with van der Waals surface area (Å²) in [6, 6.07) is 5.57. The van der Waals surface area contributed by atoms with Crippen molar-refractivity contribution in [1.82, 2.24) is 4.98 Å². The summed E-state index contributed by atoms with van der Waals surface area (Å²) < 4.78 is 18.9. The molecule has 0 atom stereocenters. The molecule has 0 aliphatic carbocycles. The number of pyridine rings is 1. The van der Waals surface area contributed by atoms with Gasteiger partial charge in [-0.2, -0.15) is 0 Å². The van der Waals surface area contributed by atoms with Gasteiger partial charge in [0.05, 0.1) is 4.47 Å². The van der Waals surface area contributed by atoms with Gasteiger partial charge in [0.15, 0.2) is 0 Å². The molecule has 2 rings (SSSR count). The van der Waals surface area contributed by atoms with Crippen molar-refractivity contribution in [1.29, 1.82) is 0 Å². The van der Waals surface area contributed by atoms with E-state index < -0.39 is 11.8 Å². The number of hydrogen-bond donors (Lipinski definition) is 1. The first-order chi connectivity index (χ1) is 8.58. The Morgan fingerprint density at radius 3 is 2.83 bits per heavy atom. The molecule has 0 radical (unpaired) electrons. The molecule has 4 nitrogen and oxygen atoms in total. The second-order valence-corrected chi connectivity index (χ2v) is 4.21. The van der Waals surface area contributed by atoms with Crippen LogP contribution in [0.4, 0.5) is 4.39 Å². The minimum Gasteiger partial charge on any atom is -0.477 e. The first-order valence-electron chi connectivity index (χ1n) is 4.88. The molecule has 1 aromatic carbocycles. The molecule has 0 fully saturated rings. The van der Waals surface area contributed by atoms with E-state index in [2.05, 4.69) is 20.9 Å². The SMILES string of the molecule is O=C(O)c1cnccc1Oc1ccc(Br)c(F)c1. The molecule has 0 saturated carbocycles. The van der Waals surface area contributed by atoms with Crippen LogP contribution in [0, 0.1) is 5.82 Å². The molecular formula is C12H7BrFNO3. The van der Waals surface area contributed by atoms with Crippen LogP contribution in [0.25, 0.3) is 0 Å². The Morgan fingerprint density at radius 2 is 2.17 bits per heavy atom. The van der Waals surface area contributed by atoms with E-state index in [4.69, 9.17) is 9.84 Å². The van der Waals surface area contributed by atoms with E-state index in [-0.39, 0.29) is 17.1 Å². The molecule has 6 heteroatoms. The number of halogens is 2. The third-order valence-corrected chi connectivity index (χ3v) is 2.77. The number of aromatic nitrogens is 1. The minimum absolute atomic E-state index is 0.0826. The summed E-state index contributed by atoms with van der Waals surface area (Å²) in [4.78, 5) is 14.6. The van der Waals surface area contributed by atoms with E-state index in [1.165, 1.54) is 30.6 Å². The number of nitrogens with zero attached hydrogens (tertiary/aromatic N) is 1. The fourth-order valence-electron chi connectivity index (χ4n) is 1.30. The van der Waals surface area contributed by atoms with Gasteiger partial charge in [-0.15, -0.1) is 0 Å². The Bertz CT molecular complexity index is 604. The monoisotopic (exact) mass is 311 g/mol. The van der Waals surface area contributed by atoms with Gasteiger partial charge >= 0.3 is 5.97 Å². The van der Waals surface area contributed by atoms with E-state index in [0.29, 0.717) is 4.47 Å². The number of hydrogen-bond acceptors (Lipinski definition) is 3. The summed E-state index contributed by atoms with van der Waals surface area (Å²) in [5.41, 5.74) is -0.0826. The Balaban J connectivity index is 2.34. The molecule has 0 saturated heterocycles. The predicted molar refractivity (Wildman–Crippen MR) is 65.4 cm³/mol. The highest BCUT2D eigenvalue weighted by Crippen LogP contribution is 2.27. The molecule has 0 spiro atoms. The Kier molecular flexibility index (Phi) is 3.57. The molecule has 18 heavy (non-hydrogen) atoms. The van der Waals surface area contributed by atoms with Crippen LogP contribution < -0.4 is 4.74 Å². The van der Waals surface area contributed by atoms with Crippen molar-refractivity contribution in [2.75, 3.05) is 0 Å². The molecule has 1 heterocycles. The quantitative estimate of drug-likeness (QED) is 0.943. The van der Waals surface area contributed by atoms with Crippen molar-refractivity contribution in [2.45, 2.75) is 0 Å². The molecule has 0 bridgehead atoms. The van der Waals surface area contributed by atoms with Crippen molar-refractivity contribution >= 4 is 21.9 Å². The lowest BCUT2D eigenvalue weighted by Gasteiger charge is -2.08. The van der Waals surface area contributed by atoms with Crippen molar-refractivity contribution < 1.29 is 19.0 Å². The molecule has 1 aromatic heterocycles. The lowest BCUT2D eigenvalue weighted by Crippen LogP contribution is -2.00. The van der Waals surface area contributed by atoms with Crippen molar-refractivity contribution in [3.05, 3.63) is 52.5 Å². The topological polar surface area (TPSA) is 59.4 Å². The van der Waals surface area contributed by atoms with E-state index in [9.17, 15) is 9.18 Å². The van der Waals surface area contributed by atoms with Gasteiger partial charge in [-0.1, -0.05) is 0 Å². The molecule has 1 N–H and O–H groups in total. The van der Waals surface area contributed by atoms with Gasteiger partial charge in [0, 0.05) is 24.5 Å². The Labute approximate surface area is 110 Å². The molecule has 92 valence electrons. The smallest absolute Gasteiger partial charge is 0.341 e. The molecule has 2 aromatic rings.